The van der Waals surface area contributed by atoms with Crippen LogP contribution in [0, 0.1) is 19.7 Å². The number of amides is 2. The van der Waals surface area contributed by atoms with Crippen LogP contribution in [-0.4, -0.2) is 69.9 Å². The summed E-state index contributed by atoms with van der Waals surface area (Å²) in [6, 6.07) is 52.6. The van der Waals surface area contributed by atoms with E-state index in [-0.39, 0.29) is 31.1 Å². The van der Waals surface area contributed by atoms with E-state index in [9.17, 15) is 23.6 Å². The van der Waals surface area contributed by atoms with Gasteiger partial charge in [0.1, 0.15) is 17.3 Å². The lowest BCUT2D eigenvalue weighted by Gasteiger charge is -2.37. The Morgan fingerprint density at radius 3 is 1.15 bits per heavy atom. The van der Waals surface area contributed by atoms with Crippen LogP contribution >= 0.6 is 34.8 Å². The highest BCUT2D eigenvalue weighted by molar-refractivity contribution is 6.32. The average molecular weight is 1140 g/mol. The highest BCUT2D eigenvalue weighted by atomic mass is 35.5. The van der Waals surface area contributed by atoms with E-state index in [0.29, 0.717) is 86.0 Å². The van der Waals surface area contributed by atoms with Gasteiger partial charge in [-0.1, -0.05) is 102 Å². The van der Waals surface area contributed by atoms with Gasteiger partial charge in [0.25, 0.3) is 23.6 Å². The van der Waals surface area contributed by atoms with Gasteiger partial charge >= 0.3 is 0 Å². The standard InChI is InChI=1S/C33H26Cl2N2O3.C33H26ClFN2O3.CH4/c1-20-3-5-22(6-4-20)32(38)36-18-17-27-28-19-25(35)13-16-29(28)37(33(39)23-7-11-24(34)12-8-23)31(27)30(36)21-9-14-26(40-2)15-10-21;1-20-3-5-22(6-4-20)32(38)36-18-17-27-28-19-24(34)11-16-29(28)37(33(39)23-7-12-25(35)13-8-23)31(27)30(36)21-9-14-26(40-2)15-10-21;/h2*3-16,19,30H,17-18H2,1-2H3;1H4. The fourth-order valence-corrected chi connectivity index (χ4v) is 11.6. The van der Waals surface area contributed by atoms with Crippen LogP contribution in [0.15, 0.2) is 182 Å². The summed E-state index contributed by atoms with van der Waals surface area (Å²) in [7, 11) is 3.22. The summed E-state index contributed by atoms with van der Waals surface area (Å²) in [6.45, 7) is 4.91. The molecule has 0 bridgehead atoms. The van der Waals surface area contributed by atoms with Crippen LogP contribution in [0.5, 0.6) is 11.5 Å². The molecule has 8 aromatic carbocycles. The maximum atomic E-state index is 14.2. The molecule has 12 rings (SSSR count). The van der Waals surface area contributed by atoms with E-state index in [2.05, 4.69) is 0 Å². The Bertz CT molecular complexity index is 3750. The summed E-state index contributed by atoms with van der Waals surface area (Å²) >= 11 is 19.0. The van der Waals surface area contributed by atoms with Gasteiger partial charge in [-0.05, 0) is 182 Å². The minimum Gasteiger partial charge on any atom is -0.497 e. The second-order valence-electron chi connectivity index (χ2n) is 19.9. The van der Waals surface area contributed by atoms with Crippen molar-refractivity contribution in [1.29, 1.82) is 0 Å². The van der Waals surface area contributed by atoms with Crippen molar-refractivity contribution in [2.24, 2.45) is 0 Å². The predicted molar refractivity (Wildman–Crippen MR) is 319 cm³/mol. The number of fused-ring (bicyclic) bond motifs is 6. The van der Waals surface area contributed by atoms with E-state index in [1.165, 1.54) is 24.3 Å². The lowest BCUT2D eigenvalue weighted by molar-refractivity contribution is 0.0678. The molecule has 0 fully saturated rings. The molecular formula is C67H56Cl3FN4O6. The normalized spacial score (nSPS) is 14.5. The van der Waals surface area contributed by atoms with Crippen LogP contribution in [0.3, 0.4) is 0 Å². The fraction of sp³-hybridized carbons (Fsp3) is 0.164. The molecule has 2 amide bonds. The molecule has 0 N–H and O–H groups in total. The molecule has 408 valence electrons. The Morgan fingerprint density at radius 1 is 0.444 bits per heavy atom. The third-order valence-electron chi connectivity index (χ3n) is 15.1. The summed E-state index contributed by atoms with van der Waals surface area (Å²) in [5, 5.41) is 3.46. The highest BCUT2D eigenvalue weighted by Gasteiger charge is 2.40. The number of carbonyl (C=O) groups excluding carboxylic acids is 4. The molecule has 81 heavy (non-hydrogen) atoms. The number of aryl methyl sites for hydroxylation is 2. The summed E-state index contributed by atoms with van der Waals surface area (Å²) < 4.78 is 27.9. The second-order valence-corrected chi connectivity index (χ2v) is 21.2. The Morgan fingerprint density at radius 2 is 0.778 bits per heavy atom. The molecule has 2 atom stereocenters. The van der Waals surface area contributed by atoms with Gasteiger partial charge in [-0.3, -0.25) is 28.3 Å². The van der Waals surface area contributed by atoms with E-state index in [0.717, 1.165) is 55.4 Å². The number of aromatic nitrogens is 2. The van der Waals surface area contributed by atoms with Gasteiger partial charge in [-0.25, -0.2) is 4.39 Å². The predicted octanol–water partition coefficient (Wildman–Crippen LogP) is 15.6. The molecule has 0 spiro atoms. The van der Waals surface area contributed by atoms with Crippen molar-refractivity contribution in [2.45, 2.75) is 46.2 Å². The van der Waals surface area contributed by atoms with Crippen LogP contribution in [0.1, 0.15) is 106 Å². The van der Waals surface area contributed by atoms with Gasteiger partial charge in [0, 0.05) is 61.2 Å². The van der Waals surface area contributed by atoms with Crippen LogP contribution in [0.2, 0.25) is 15.1 Å². The SMILES string of the molecule is C.COc1ccc(C2c3c(c4cc(Cl)ccc4n3C(=O)c3ccc(Cl)cc3)CCN2C(=O)c2ccc(C)cc2)cc1.COc1ccc(C2c3c(c4cc(Cl)ccc4n3C(=O)c3ccc(F)cc3)CCN2C(=O)c2ccc(C)cc2)cc1. The molecule has 10 aromatic rings. The topological polar surface area (TPSA) is 103 Å². The van der Waals surface area contributed by atoms with E-state index in [1.54, 1.807) is 59.8 Å². The fourth-order valence-electron chi connectivity index (χ4n) is 11.1. The van der Waals surface area contributed by atoms with Crippen LogP contribution in [0.4, 0.5) is 4.39 Å². The van der Waals surface area contributed by atoms with Crippen molar-refractivity contribution in [3.63, 3.8) is 0 Å². The van der Waals surface area contributed by atoms with E-state index in [1.807, 2.05) is 145 Å². The summed E-state index contributed by atoms with van der Waals surface area (Å²) in [5.41, 5.74) is 10.7. The molecule has 0 radical (unpaired) electrons. The smallest absolute Gasteiger partial charge is 0.262 e. The van der Waals surface area contributed by atoms with Gasteiger partial charge in [-0.2, -0.15) is 0 Å². The van der Waals surface area contributed by atoms with Crippen LogP contribution in [-0.2, 0) is 12.8 Å². The Balaban J connectivity index is 0.000000180. The third-order valence-corrected chi connectivity index (χ3v) is 15.8. The number of methoxy groups -OCH3 is 2. The molecule has 2 aliphatic heterocycles. The maximum Gasteiger partial charge on any atom is 0.262 e. The first-order valence-electron chi connectivity index (χ1n) is 26.0. The first kappa shape index (κ1) is 55.8. The second kappa shape index (κ2) is 23.3. The maximum absolute atomic E-state index is 14.2. The zero-order chi connectivity index (χ0) is 55.9. The number of nitrogens with zero attached hydrogens (tertiary/aromatic N) is 4. The Kier molecular flexibility index (Phi) is 16.1. The minimum atomic E-state index is -0.570. The lowest BCUT2D eigenvalue weighted by Crippen LogP contribution is -2.42. The van der Waals surface area contributed by atoms with Crippen molar-refractivity contribution in [3.8, 4) is 11.5 Å². The third kappa shape index (κ3) is 10.7. The molecule has 4 heterocycles. The number of benzene rings is 8. The van der Waals surface area contributed by atoms with Gasteiger partial charge in [-0.15, -0.1) is 0 Å². The first-order valence-corrected chi connectivity index (χ1v) is 27.1. The molecule has 14 heteroatoms. The Labute approximate surface area is 484 Å². The minimum absolute atomic E-state index is 0. The largest absolute Gasteiger partial charge is 0.497 e. The van der Waals surface area contributed by atoms with Crippen molar-refractivity contribution >= 4 is 80.2 Å². The summed E-state index contributed by atoms with van der Waals surface area (Å²) in [5.74, 6) is 0.237. The van der Waals surface area contributed by atoms with Crippen molar-refractivity contribution in [1.82, 2.24) is 18.9 Å². The molecule has 0 aliphatic carbocycles. The molecule has 2 aromatic heterocycles. The van der Waals surface area contributed by atoms with Crippen molar-refractivity contribution in [3.05, 3.63) is 270 Å². The van der Waals surface area contributed by atoms with E-state index < -0.39 is 17.9 Å². The number of hydrogen-bond donors (Lipinski definition) is 0. The zero-order valence-electron chi connectivity index (χ0n) is 44.1. The zero-order valence-corrected chi connectivity index (χ0v) is 46.3. The molecule has 0 saturated carbocycles. The Hall–Kier alpha value is -8.48. The molecule has 2 unspecified atom stereocenters. The molecule has 10 nitrogen and oxygen atoms in total. The van der Waals surface area contributed by atoms with Crippen LogP contribution < -0.4 is 9.47 Å². The van der Waals surface area contributed by atoms with E-state index in [4.69, 9.17) is 44.3 Å². The van der Waals surface area contributed by atoms with Crippen molar-refractivity contribution in [2.75, 3.05) is 27.3 Å². The molecule has 0 saturated heterocycles. The molecule has 2 aliphatic rings. The number of rotatable bonds is 8. The van der Waals surface area contributed by atoms with Crippen molar-refractivity contribution < 1.29 is 33.0 Å². The summed E-state index contributed by atoms with van der Waals surface area (Å²) in [4.78, 5) is 60.1. The highest BCUT2D eigenvalue weighted by Crippen LogP contribution is 2.45. The molecular weight excluding hydrogens is 1080 g/mol. The van der Waals surface area contributed by atoms with Crippen LogP contribution in [0.25, 0.3) is 21.8 Å². The number of hydrogen-bond acceptors (Lipinski definition) is 6. The van der Waals surface area contributed by atoms with Gasteiger partial charge < -0.3 is 19.3 Å². The average Bonchev–Trinajstić information content (AvgIpc) is 4.12. The number of halogens is 4. The summed E-state index contributed by atoms with van der Waals surface area (Å²) in [6.07, 6.45) is 1.12. The number of carbonyl (C=O) groups is 4. The lowest BCUT2D eigenvalue weighted by atomic mass is 9.91. The quantitative estimate of drug-likeness (QED) is 0.150. The number of ether oxygens (including phenoxy) is 2. The first-order chi connectivity index (χ1) is 38.7. The van der Waals surface area contributed by atoms with Gasteiger partial charge in [0.2, 0.25) is 0 Å². The van der Waals surface area contributed by atoms with Gasteiger partial charge in [0.05, 0.1) is 48.7 Å². The monoisotopic (exact) mass is 1140 g/mol. The van der Waals surface area contributed by atoms with E-state index >= 15 is 0 Å². The van der Waals surface area contributed by atoms with Gasteiger partial charge in [0.15, 0.2) is 0 Å².